The van der Waals surface area contributed by atoms with Crippen LogP contribution in [0.5, 0.6) is 0 Å². The monoisotopic (exact) mass is 299 g/mol. The third-order valence-electron chi connectivity index (χ3n) is 2.33. The maximum absolute atomic E-state index is 6.09. The predicted octanol–water partition coefficient (Wildman–Crippen LogP) is 2.95. The molecule has 0 spiro atoms. The normalized spacial score (nSPS) is 12.0. The zero-order chi connectivity index (χ0) is 11.8. The highest BCUT2D eigenvalue weighted by atomic mass is 79.9. The molecule has 0 saturated heterocycles. The second kappa shape index (κ2) is 4.31. The lowest BCUT2D eigenvalue weighted by Crippen LogP contribution is -2.31. The molecule has 2 rings (SSSR count). The second-order valence-electron chi connectivity index (χ2n) is 4.33. The molecule has 0 aliphatic heterocycles. The Bertz CT molecular complexity index is 481. The Labute approximate surface area is 107 Å². The Morgan fingerprint density at radius 1 is 1.50 bits per heavy atom. The van der Waals surface area contributed by atoms with E-state index in [1.165, 1.54) is 4.88 Å². The van der Waals surface area contributed by atoms with E-state index in [9.17, 15) is 0 Å². The minimum atomic E-state index is -0.356. The van der Waals surface area contributed by atoms with Gasteiger partial charge in [0, 0.05) is 11.1 Å². The second-order valence-corrected chi connectivity index (χ2v) is 6.88. The zero-order valence-electron chi connectivity index (χ0n) is 9.27. The van der Waals surface area contributed by atoms with Gasteiger partial charge in [0.2, 0.25) is 0 Å². The van der Waals surface area contributed by atoms with Crippen molar-refractivity contribution in [2.75, 3.05) is 0 Å². The quantitative estimate of drug-likeness (QED) is 0.947. The van der Waals surface area contributed by atoms with Crippen molar-refractivity contribution in [2.24, 2.45) is 5.73 Å². The van der Waals surface area contributed by atoms with Crippen molar-refractivity contribution in [3.8, 4) is 0 Å². The highest BCUT2D eigenvalue weighted by Crippen LogP contribution is 2.24. The van der Waals surface area contributed by atoms with Crippen molar-refractivity contribution in [2.45, 2.75) is 25.9 Å². The van der Waals surface area contributed by atoms with Gasteiger partial charge in [0.1, 0.15) is 0 Å². The van der Waals surface area contributed by atoms with Gasteiger partial charge in [-0.2, -0.15) is 0 Å². The molecule has 5 heteroatoms. The van der Waals surface area contributed by atoms with E-state index in [-0.39, 0.29) is 5.54 Å². The van der Waals surface area contributed by atoms with Crippen molar-refractivity contribution in [1.29, 1.82) is 0 Å². The number of aromatic nitrogens is 2. The molecule has 2 N–H and O–H groups in total. The average Bonchev–Trinajstić information content (AvgIpc) is 2.74. The van der Waals surface area contributed by atoms with E-state index >= 15 is 0 Å². The van der Waals surface area contributed by atoms with Gasteiger partial charge in [-0.1, -0.05) is 0 Å². The summed E-state index contributed by atoms with van der Waals surface area (Å²) in [6.45, 7) is 4.81. The molecule has 0 amide bonds. The summed E-state index contributed by atoms with van der Waals surface area (Å²) in [6.07, 6.45) is 3.67. The molecule has 2 heterocycles. The largest absolute Gasteiger partial charge is 0.328 e. The Kier molecular flexibility index (Phi) is 3.19. The number of hydrogen-bond donors (Lipinski definition) is 1. The van der Waals surface area contributed by atoms with Gasteiger partial charge < -0.3 is 10.3 Å². The molecule has 2 aromatic rings. The topological polar surface area (TPSA) is 43.8 Å². The highest BCUT2D eigenvalue weighted by Gasteiger charge is 2.19. The van der Waals surface area contributed by atoms with Gasteiger partial charge in [-0.25, -0.2) is 4.98 Å². The van der Waals surface area contributed by atoms with Gasteiger partial charge in [-0.15, -0.1) is 11.3 Å². The molecule has 0 aliphatic carbocycles. The first-order valence-electron chi connectivity index (χ1n) is 5.00. The van der Waals surface area contributed by atoms with Crippen LogP contribution in [0.2, 0.25) is 0 Å². The molecule has 16 heavy (non-hydrogen) atoms. The summed E-state index contributed by atoms with van der Waals surface area (Å²) in [5, 5.41) is 0. The van der Waals surface area contributed by atoms with E-state index in [0.29, 0.717) is 0 Å². The molecule has 0 fully saturated rings. The maximum atomic E-state index is 6.09. The van der Waals surface area contributed by atoms with Gasteiger partial charge in [0.25, 0.3) is 0 Å². The minimum absolute atomic E-state index is 0.356. The Morgan fingerprint density at radius 3 is 2.81 bits per heavy atom. The lowest BCUT2D eigenvalue weighted by atomic mass is 10.0. The summed E-state index contributed by atoms with van der Waals surface area (Å²) >= 11 is 5.20. The molecule has 86 valence electrons. The number of halogens is 1. The van der Waals surface area contributed by atoms with E-state index in [1.807, 2.05) is 26.4 Å². The van der Waals surface area contributed by atoms with Gasteiger partial charge in [0.05, 0.1) is 27.9 Å². The first-order valence-corrected chi connectivity index (χ1v) is 6.61. The smallest absolute Gasteiger partial charge is 0.0952 e. The van der Waals surface area contributed by atoms with Crippen LogP contribution in [-0.4, -0.2) is 9.55 Å². The number of thiophene rings is 1. The van der Waals surface area contributed by atoms with Crippen molar-refractivity contribution >= 4 is 27.3 Å². The van der Waals surface area contributed by atoms with Crippen LogP contribution >= 0.6 is 27.3 Å². The molecule has 0 bridgehead atoms. The van der Waals surface area contributed by atoms with Crippen LogP contribution in [0.3, 0.4) is 0 Å². The lowest BCUT2D eigenvalue weighted by Gasteiger charge is -2.20. The van der Waals surface area contributed by atoms with Gasteiger partial charge in [-0.05, 0) is 41.9 Å². The number of hydrogen-bond acceptors (Lipinski definition) is 3. The SMILES string of the molecule is CC(C)(N)c1cncn1Cc1ccc(Br)s1. The average molecular weight is 300 g/mol. The molecule has 0 aromatic carbocycles. The Balaban J connectivity index is 2.25. The summed E-state index contributed by atoms with van der Waals surface area (Å²) in [4.78, 5) is 5.45. The fourth-order valence-corrected chi connectivity index (χ4v) is 3.07. The van der Waals surface area contributed by atoms with E-state index in [1.54, 1.807) is 11.3 Å². The Morgan fingerprint density at radius 2 is 2.25 bits per heavy atom. The van der Waals surface area contributed by atoms with E-state index in [0.717, 1.165) is 16.0 Å². The fraction of sp³-hybridized carbons (Fsp3) is 0.364. The van der Waals surface area contributed by atoms with Crippen molar-refractivity contribution in [3.05, 3.63) is 39.0 Å². The van der Waals surface area contributed by atoms with Crippen molar-refractivity contribution < 1.29 is 0 Å². The standard InChI is InChI=1S/C11H14BrN3S/c1-11(2,13)9-5-14-7-15(9)6-8-3-4-10(12)16-8/h3-5,7H,6,13H2,1-2H3. The van der Waals surface area contributed by atoms with Gasteiger partial charge in [0.15, 0.2) is 0 Å². The molecule has 0 saturated carbocycles. The lowest BCUT2D eigenvalue weighted by molar-refractivity contribution is 0.504. The van der Waals surface area contributed by atoms with E-state index < -0.39 is 0 Å². The third-order valence-corrected chi connectivity index (χ3v) is 3.94. The number of rotatable bonds is 3. The van der Waals surface area contributed by atoms with E-state index in [4.69, 9.17) is 5.73 Å². The van der Waals surface area contributed by atoms with E-state index in [2.05, 4.69) is 37.6 Å². The molecule has 3 nitrogen and oxygen atoms in total. The summed E-state index contributed by atoms with van der Waals surface area (Å²) < 4.78 is 3.24. The first-order chi connectivity index (χ1) is 7.47. The van der Waals surface area contributed by atoms with Crippen molar-refractivity contribution in [1.82, 2.24) is 9.55 Å². The van der Waals surface area contributed by atoms with Crippen LogP contribution in [0.15, 0.2) is 28.4 Å². The number of nitrogens with two attached hydrogens (primary N) is 1. The molecule has 0 aliphatic rings. The minimum Gasteiger partial charge on any atom is -0.328 e. The van der Waals surface area contributed by atoms with Crippen LogP contribution in [-0.2, 0) is 12.1 Å². The fourth-order valence-electron chi connectivity index (χ4n) is 1.59. The summed E-state index contributed by atoms with van der Waals surface area (Å²) in [7, 11) is 0. The number of imidazole rings is 1. The highest BCUT2D eigenvalue weighted by molar-refractivity contribution is 9.11. The molecule has 0 atom stereocenters. The predicted molar refractivity (Wildman–Crippen MR) is 70.6 cm³/mol. The first kappa shape index (κ1) is 11.8. The molecule has 2 aromatic heterocycles. The zero-order valence-corrected chi connectivity index (χ0v) is 11.7. The molecular formula is C11H14BrN3S. The maximum Gasteiger partial charge on any atom is 0.0952 e. The van der Waals surface area contributed by atoms with Crippen LogP contribution in [0, 0.1) is 0 Å². The van der Waals surface area contributed by atoms with Crippen LogP contribution < -0.4 is 5.73 Å². The molecule has 0 unspecified atom stereocenters. The van der Waals surface area contributed by atoms with Crippen LogP contribution in [0.1, 0.15) is 24.4 Å². The summed E-state index contributed by atoms with van der Waals surface area (Å²) in [6, 6.07) is 4.17. The number of nitrogens with zero attached hydrogens (tertiary/aromatic N) is 2. The summed E-state index contributed by atoms with van der Waals surface area (Å²) in [5.41, 5.74) is 6.79. The van der Waals surface area contributed by atoms with Gasteiger partial charge >= 0.3 is 0 Å². The van der Waals surface area contributed by atoms with Crippen molar-refractivity contribution in [3.63, 3.8) is 0 Å². The van der Waals surface area contributed by atoms with Crippen LogP contribution in [0.25, 0.3) is 0 Å². The van der Waals surface area contributed by atoms with Crippen LogP contribution in [0.4, 0.5) is 0 Å². The Hall–Kier alpha value is -0.650. The third kappa shape index (κ3) is 2.53. The molecule has 0 radical (unpaired) electrons. The summed E-state index contributed by atoms with van der Waals surface area (Å²) in [5.74, 6) is 0. The van der Waals surface area contributed by atoms with Gasteiger partial charge in [-0.3, -0.25) is 0 Å². The molecular weight excluding hydrogens is 286 g/mol.